The number of piperidine rings is 1. The van der Waals surface area contributed by atoms with Crippen molar-refractivity contribution in [3.8, 4) is 23.2 Å². The van der Waals surface area contributed by atoms with Crippen molar-refractivity contribution in [1.82, 2.24) is 14.9 Å². The fourth-order valence-electron chi connectivity index (χ4n) is 7.29. The molecule has 3 aliphatic rings. The molecule has 3 saturated heterocycles. The van der Waals surface area contributed by atoms with Crippen LogP contribution in [-0.2, 0) is 0 Å². The zero-order chi connectivity index (χ0) is 32.5. The molecule has 14 heteroatoms. The van der Waals surface area contributed by atoms with Crippen molar-refractivity contribution >= 4 is 54.7 Å². The Morgan fingerprint density at radius 3 is 2.74 bits per heavy atom. The summed E-state index contributed by atoms with van der Waals surface area (Å²) in [5.74, 6) is -1.14. The molecule has 0 aliphatic carbocycles. The standard InChI is InChI=1S/C32H29ClF4N6O2S/c1-31(44)6-2-8-42(14-31)29-18-10-20(33)23(17-4-5-21(34)26-22(17)19(12-38)28(39)46-26)24(35)25(18)40-30(41-29)45-15-32-7-3-9-43(32)13-16(11-32)27(36)37/h4-5,10,44H,2-3,6-9,11,13-15,39H2,1H3/t31-,32?/m1/s1. The van der Waals surface area contributed by atoms with E-state index in [1.165, 1.54) is 18.2 Å². The molecular formula is C32H29ClF4N6O2S. The van der Waals surface area contributed by atoms with Crippen LogP contribution in [0, 0.1) is 23.0 Å². The van der Waals surface area contributed by atoms with E-state index in [0.717, 1.165) is 17.8 Å². The highest BCUT2D eigenvalue weighted by atomic mass is 35.5. The number of aromatic nitrogens is 2. The zero-order valence-corrected chi connectivity index (χ0v) is 26.3. The third kappa shape index (κ3) is 5.02. The van der Waals surface area contributed by atoms with Crippen LogP contribution in [0.25, 0.3) is 32.1 Å². The van der Waals surface area contributed by atoms with Gasteiger partial charge in [0, 0.05) is 41.5 Å². The topological polar surface area (TPSA) is 112 Å². The van der Waals surface area contributed by atoms with E-state index in [-0.39, 0.29) is 85.4 Å². The molecule has 3 fully saturated rings. The lowest BCUT2D eigenvalue weighted by atomic mass is 9.94. The number of halogens is 5. The summed E-state index contributed by atoms with van der Waals surface area (Å²) in [5, 5.41) is 21.2. The Morgan fingerprint density at radius 2 is 2.00 bits per heavy atom. The van der Waals surface area contributed by atoms with Crippen LogP contribution >= 0.6 is 22.9 Å². The van der Waals surface area contributed by atoms with Crippen LogP contribution in [-0.4, -0.2) is 63.9 Å². The van der Waals surface area contributed by atoms with Gasteiger partial charge < -0.3 is 20.5 Å². The lowest BCUT2D eigenvalue weighted by molar-refractivity contribution is 0.0447. The highest BCUT2D eigenvalue weighted by Gasteiger charge is 2.48. The van der Waals surface area contributed by atoms with E-state index < -0.39 is 28.9 Å². The third-order valence-electron chi connectivity index (χ3n) is 9.42. The zero-order valence-electron chi connectivity index (χ0n) is 24.8. The Morgan fingerprint density at radius 1 is 1.22 bits per heavy atom. The van der Waals surface area contributed by atoms with Crippen molar-refractivity contribution in [2.45, 2.75) is 50.2 Å². The fourth-order valence-corrected chi connectivity index (χ4v) is 8.53. The van der Waals surface area contributed by atoms with Gasteiger partial charge in [-0.1, -0.05) is 17.7 Å². The van der Waals surface area contributed by atoms with Crippen molar-refractivity contribution in [2.24, 2.45) is 0 Å². The summed E-state index contributed by atoms with van der Waals surface area (Å²) in [6.45, 7) is 3.29. The first-order chi connectivity index (χ1) is 21.9. The molecule has 7 rings (SSSR count). The average molecular weight is 673 g/mol. The van der Waals surface area contributed by atoms with E-state index in [1.54, 1.807) is 6.92 Å². The molecule has 0 radical (unpaired) electrons. The minimum Gasteiger partial charge on any atom is -0.461 e. The number of nitrogens with zero attached hydrogens (tertiary/aromatic N) is 5. The highest BCUT2D eigenvalue weighted by Crippen LogP contribution is 2.47. The van der Waals surface area contributed by atoms with Crippen LogP contribution in [0.2, 0.25) is 5.02 Å². The molecule has 0 saturated carbocycles. The van der Waals surface area contributed by atoms with Crippen LogP contribution in [0.3, 0.4) is 0 Å². The van der Waals surface area contributed by atoms with Crippen LogP contribution < -0.4 is 15.4 Å². The molecule has 4 aromatic rings. The van der Waals surface area contributed by atoms with Gasteiger partial charge in [-0.2, -0.15) is 24.0 Å². The molecule has 0 bridgehead atoms. The van der Waals surface area contributed by atoms with Gasteiger partial charge in [0.15, 0.2) is 5.82 Å². The number of nitrogen functional groups attached to an aromatic ring is 1. The van der Waals surface area contributed by atoms with Crippen molar-refractivity contribution < 1.29 is 27.4 Å². The molecule has 1 unspecified atom stereocenters. The number of ether oxygens (including phenoxy) is 1. The van der Waals surface area contributed by atoms with Crippen molar-refractivity contribution in [2.75, 3.05) is 43.4 Å². The summed E-state index contributed by atoms with van der Waals surface area (Å²) in [5.41, 5.74) is 4.39. The normalized spacial score (nSPS) is 23.3. The SMILES string of the molecule is C[C@@]1(O)CCCN(c2nc(OCC34CCCN3CC(=C(F)F)C4)nc3c(F)c(-c4ccc(F)c5sc(N)c(C#N)c45)c(Cl)cc23)C1. The molecule has 5 heterocycles. The third-order valence-corrected chi connectivity index (χ3v) is 10.7. The second kappa shape index (κ2) is 11.2. The Kier molecular flexibility index (Phi) is 7.55. The summed E-state index contributed by atoms with van der Waals surface area (Å²) >= 11 is 7.66. The van der Waals surface area contributed by atoms with E-state index in [4.69, 9.17) is 22.1 Å². The van der Waals surface area contributed by atoms with Gasteiger partial charge in [0.1, 0.15) is 34.8 Å². The quantitative estimate of drug-likeness (QED) is 0.218. The van der Waals surface area contributed by atoms with Gasteiger partial charge in [-0.05, 0) is 63.3 Å². The maximum atomic E-state index is 16.9. The fraction of sp³-hybridized carbons (Fsp3) is 0.406. The van der Waals surface area contributed by atoms with E-state index in [9.17, 15) is 23.5 Å². The summed E-state index contributed by atoms with van der Waals surface area (Å²) in [4.78, 5) is 12.9. The van der Waals surface area contributed by atoms with E-state index in [2.05, 4.69) is 9.97 Å². The maximum absolute atomic E-state index is 16.9. The first-order valence-corrected chi connectivity index (χ1v) is 16.1. The van der Waals surface area contributed by atoms with E-state index >= 15 is 4.39 Å². The molecule has 8 nitrogen and oxygen atoms in total. The number of nitriles is 1. The number of fused-ring (bicyclic) bond motifs is 3. The molecule has 3 aliphatic heterocycles. The van der Waals surface area contributed by atoms with Crippen molar-refractivity contribution in [3.63, 3.8) is 0 Å². The first-order valence-electron chi connectivity index (χ1n) is 14.9. The van der Waals surface area contributed by atoms with Gasteiger partial charge in [0.25, 0.3) is 6.08 Å². The lowest BCUT2D eigenvalue weighted by Crippen LogP contribution is -2.46. The van der Waals surface area contributed by atoms with Gasteiger partial charge >= 0.3 is 6.01 Å². The van der Waals surface area contributed by atoms with Crippen LogP contribution in [0.5, 0.6) is 6.01 Å². The molecule has 0 amide bonds. The van der Waals surface area contributed by atoms with Crippen molar-refractivity contribution in [3.05, 3.63) is 52.1 Å². The van der Waals surface area contributed by atoms with Gasteiger partial charge in [0.05, 0.1) is 26.4 Å². The molecule has 46 heavy (non-hydrogen) atoms. The number of nitrogens with two attached hydrogens (primary N) is 1. The van der Waals surface area contributed by atoms with Gasteiger partial charge in [0.2, 0.25) is 0 Å². The number of hydrogen-bond donors (Lipinski definition) is 2. The van der Waals surface area contributed by atoms with Crippen molar-refractivity contribution in [1.29, 1.82) is 5.26 Å². The monoisotopic (exact) mass is 672 g/mol. The second-order valence-electron chi connectivity index (χ2n) is 12.6. The Bertz CT molecular complexity index is 1990. The second-order valence-corrected chi connectivity index (χ2v) is 14.1. The number of thiophene rings is 1. The predicted octanol–water partition coefficient (Wildman–Crippen LogP) is 7.02. The minimum atomic E-state index is -1.68. The average Bonchev–Trinajstić information content (AvgIpc) is 3.67. The number of rotatable bonds is 5. The number of anilines is 2. The van der Waals surface area contributed by atoms with Gasteiger partial charge in [-0.15, -0.1) is 11.3 Å². The molecule has 0 spiro atoms. The number of benzene rings is 2. The smallest absolute Gasteiger partial charge is 0.319 e. The summed E-state index contributed by atoms with van der Waals surface area (Å²) in [6, 6.07) is 5.88. The van der Waals surface area contributed by atoms with E-state index in [0.29, 0.717) is 38.2 Å². The maximum Gasteiger partial charge on any atom is 0.319 e. The summed E-state index contributed by atoms with van der Waals surface area (Å²) < 4.78 is 65.1. The Balaban J connectivity index is 1.39. The Labute approximate surface area is 270 Å². The summed E-state index contributed by atoms with van der Waals surface area (Å²) in [7, 11) is 0. The number of aliphatic hydroxyl groups is 1. The molecule has 3 N–H and O–H groups in total. The van der Waals surface area contributed by atoms with Crippen LogP contribution in [0.4, 0.5) is 28.4 Å². The Hall–Kier alpha value is -3.70. The van der Waals surface area contributed by atoms with Crippen LogP contribution in [0.1, 0.15) is 44.6 Å². The predicted molar refractivity (Wildman–Crippen MR) is 169 cm³/mol. The van der Waals surface area contributed by atoms with E-state index in [1.807, 2.05) is 15.9 Å². The van der Waals surface area contributed by atoms with Gasteiger partial charge in [-0.3, -0.25) is 4.90 Å². The lowest BCUT2D eigenvalue weighted by Gasteiger charge is -2.38. The van der Waals surface area contributed by atoms with Gasteiger partial charge in [-0.25, -0.2) is 8.78 Å². The molecule has 2 atom stereocenters. The molecule has 2 aromatic carbocycles. The molecule has 2 aromatic heterocycles. The largest absolute Gasteiger partial charge is 0.461 e. The highest BCUT2D eigenvalue weighted by molar-refractivity contribution is 7.23. The molecule has 240 valence electrons. The molecular weight excluding hydrogens is 644 g/mol. The number of β-amino-alcohol motifs (C(OH)–C–C–N with tert-alkyl or cyclic N) is 1. The van der Waals surface area contributed by atoms with Crippen LogP contribution in [0.15, 0.2) is 29.9 Å². The minimum absolute atomic E-state index is 0.0167. The first kappa shape index (κ1) is 30.9. The summed E-state index contributed by atoms with van der Waals surface area (Å²) in [6.07, 6.45) is 1.18. The number of hydrogen-bond acceptors (Lipinski definition) is 9.